The molecule has 0 unspecified atom stereocenters. The van der Waals surface area contributed by atoms with Crippen LogP contribution < -0.4 is 4.72 Å². The van der Waals surface area contributed by atoms with Crippen molar-refractivity contribution in [2.24, 2.45) is 0 Å². The topological polar surface area (TPSA) is 72.2 Å². The molecule has 0 aliphatic rings. The fourth-order valence-corrected chi connectivity index (χ4v) is 4.29. The van der Waals surface area contributed by atoms with Crippen LogP contribution in [0.5, 0.6) is 0 Å². The molecular formula is C19H19ClN2O3S. The zero-order valence-corrected chi connectivity index (χ0v) is 16.5. The summed E-state index contributed by atoms with van der Waals surface area (Å²) in [6.45, 7) is 7.29. The number of anilines is 1. The van der Waals surface area contributed by atoms with Gasteiger partial charge in [0.05, 0.1) is 16.3 Å². The molecule has 0 aliphatic heterocycles. The van der Waals surface area contributed by atoms with E-state index >= 15 is 0 Å². The van der Waals surface area contributed by atoms with Crippen molar-refractivity contribution in [3.05, 3.63) is 63.8 Å². The highest BCUT2D eigenvalue weighted by Crippen LogP contribution is 2.30. The third-order valence-corrected chi connectivity index (χ3v) is 6.07. The first-order valence-corrected chi connectivity index (χ1v) is 9.88. The van der Waals surface area contributed by atoms with Crippen LogP contribution in [0.2, 0.25) is 5.02 Å². The molecule has 0 saturated carbocycles. The third kappa shape index (κ3) is 3.48. The van der Waals surface area contributed by atoms with E-state index < -0.39 is 10.0 Å². The molecule has 0 bridgehead atoms. The van der Waals surface area contributed by atoms with Crippen LogP contribution in [0, 0.1) is 27.7 Å². The minimum absolute atomic E-state index is 0.192. The quantitative estimate of drug-likeness (QED) is 0.678. The molecular weight excluding hydrogens is 372 g/mol. The summed E-state index contributed by atoms with van der Waals surface area (Å²) >= 11 is 5.94. The van der Waals surface area contributed by atoms with E-state index in [-0.39, 0.29) is 4.90 Å². The molecule has 0 aliphatic carbocycles. The molecule has 26 heavy (non-hydrogen) atoms. The highest BCUT2D eigenvalue weighted by molar-refractivity contribution is 7.92. The number of aromatic nitrogens is 1. The number of benzene rings is 2. The van der Waals surface area contributed by atoms with Gasteiger partial charge in [0.1, 0.15) is 0 Å². The molecule has 1 N–H and O–H groups in total. The molecule has 0 atom stereocenters. The van der Waals surface area contributed by atoms with E-state index in [4.69, 9.17) is 16.1 Å². The first-order valence-electron chi connectivity index (χ1n) is 8.02. The normalized spacial score (nSPS) is 11.6. The summed E-state index contributed by atoms with van der Waals surface area (Å²) in [5.41, 5.74) is 4.21. The zero-order chi connectivity index (χ0) is 19.1. The molecule has 0 saturated heterocycles. The SMILES string of the molecule is Cc1cc(Cl)ccc1NS(=O)(=O)c1cc(-c2onc(C)c2C)ccc1C. The van der Waals surface area contributed by atoms with Crippen LogP contribution in [0.25, 0.3) is 11.3 Å². The molecule has 0 amide bonds. The molecule has 136 valence electrons. The molecule has 1 aromatic heterocycles. The molecule has 2 aromatic carbocycles. The van der Waals surface area contributed by atoms with Crippen LogP contribution in [0.3, 0.4) is 0 Å². The number of nitrogens with one attached hydrogen (secondary N) is 1. The van der Waals surface area contributed by atoms with Gasteiger partial charge in [0, 0.05) is 16.1 Å². The number of halogens is 1. The zero-order valence-electron chi connectivity index (χ0n) is 14.9. The summed E-state index contributed by atoms with van der Waals surface area (Å²) in [5.74, 6) is 0.571. The minimum atomic E-state index is -3.77. The van der Waals surface area contributed by atoms with E-state index in [9.17, 15) is 8.42 Å². The Morgan fingerprint density at radius 3 is 2.35 bits per heavy atom. The Balaban J connectivity index is 2.04. The van der Waals surface area contributed by atoms with Gasteiger partial charge in [-0.05, 0) is 63.1 Å². The molecule has 3 aromatic rings. The fourth-order valence-electron chi connectivity index (χ4n) is 2.66. The number of rotatable bonds is 4. The van der Waals surface area contributed by atoms with Crippen molar-refractivity contribution >= 4 is 27.3 Å². The van der Waals surface area contributed by atoms with Gasteiger partial charge in [-0.25, -0.2) is 8.42 Å². The second-order valence-electron chi connectivity index (χ2n) is 6.27. The largest absolute Gasteiger partial charge is 0.356 e. The molecule has 3 rings (SSSR count). The van der Waals surface area contributed by atoms with Gasteiger partial charge >= 0.3 is 0 Å². The standard InChI is InChI=1S/C19H19ClN2O3S/c1-11-5-6-15(19-13(3)14(4)21-25-19)10-18(11)26(23,24)22-17-8-7-16(20)9-12(17)2/h5-10,22H,1-4H3. The summed E-state index contributed by atoms with van der Waals surface area (Å²) in [4.78, 5) is 0.192. The average molecular weight is 391 g/mol. The highest BCUT2D eigenvalue weighted by Gasteiger charge is 2.21. The molecule has 5 nitrogen and oxygen atoms in total. The van der Waals surface area contributed by atoms with Gasteiger partial charge in [-0.3, -0.25) is 4.72 Å². The van der Waals surface area contributed by atoms with Gasteiger partial charge in [0.2, 0.25) is 0 Å². The lowest BCUT2D eigenvalue weighted by atomic mass is 10.1. The Bertz CT molecular complexity index is 1090. The maximum absolute atomic E-state index is 12.9. The molecule has 0 spiro atoms. The predicted octanol–water partition coefficient (Wildman–Crippen LogP) is 5.03. The fraction of sp³-hybridized carbons (Fsp3) is 0.211. The van der Waals surface area contributed by atoms with Gasteiger partial charge in [-0.15, -0.1) is 0 Å². The van der Waals surface area contributed by atoms with E-state index in [0.717, 1.165) is 16.8 Å². The van der Waals surface area contributed by atoms with Crippen molar-refractivity contribution in [2.45, 2.75) is 32.6 Å². The number of sulfonamides is 1. The molecule has 0 radical (unpaired) electrons. The number of hydrogen-bond acceptors (Lipinski definition) is 4. The number of nitrogens with zero attached hydrogens (tertiary/aromatic N) is 1. The van der Waals surface area contributed by atoms with Crippen molar-refractivity contribution in [2.75, 3.05) is 4.72 Å². The maximum atomic E-state index is 12.9. The van der Waals surface area contributed by atoms with Crippen molar-refractivity contribution in [1.29, 1.82) is 0 Å². The minimum Gasteiger partial charge on any atom is -0.356 e. The highest BCUT2D eigenvalue weighted by atomic mass is 35.5. The summed E-state index contributed by atoms with van der Waals surface area (Å²) in [6, 6.07) is 10.2. The van der Waals surface area contributed by atoms with Crippen LogP contribution in [-0.4, -0.2) is 13.6 Å². The first-order chi connectivity index (χ1) is 12.2. The monoisotopic (exact) mass is 390 g/mol. The van der Waals surface area contributed by atoms with E-state index in [1.807, 2.05) is 19.9 Å². The van der Waals surface area contributed by atoms with E-state index in [1.165, 1.54) is 0 Å². The van der Waals surface area contributed by atoms with Gasteiger partial charge in [0.25, 0.3) is 10.0 Å². The summed E-state index contributed by atoms with van der Waals surface area (Å²) < 4.78 is 33.9. The molecule has 7 heteroatoms. The smallest absolute Gasteiger partial charge is 0.262 e. The summed E-state index contributed by atoms with van der Waals surface area (Å²) in [6.07, 6.45) is 0. The Kier molecular flexibility index (Phi) is 4.82. The van der Waals surface area contributed by atoms with E-state index in [2.05, 4.69) is 9.88 Å². The molecule has 1 heterocycles. The van der Waals surface area contributed by atoms with Gasteiger partial charge < -0.3 is 4.52 Å². The first kappa shape index (κ1) is 18.5. The van der Waals surface area contributed by atoms with Crippen molar-refractivity contribution in [3.63, 3.8) is 0 Å². The van der Waals surface area contributed by atoms with Crippen LogP contribution in [-0.2, 0) is 10.0 Å². The van der Waals surface area contributed by atoms with Crippen LogP contribution in [0.4, 0.5) is 5.69 Å². The Morgan fingerprint density at radius 1 is 1.00 bits per heavy atom. The second kappa shape index (κ2) is 6.78. The lowest BCUT2D eigenvalue weighted by Crippen LogP contribution is -2.15. The van der Waals surface area contributed by atoms with E-state index in [1.54, 1.807) is 44.2 Å². The summed E-state index contributed by atoms with van der Waals surface area (Å²) in [7, 11) is -3.77. The van der Waals surface area contributed by atoms with Crippen molar-refractivity contribution in [3.8, 4) is 11.3 Å². The van der Waals surface area contributed by atoms with Gasteiger partial charge in [0.15, 0.2) is 5.76 Å². The second-order valence-corrected chi connectivity index (χ2v) is 8.35. The van der Waals surface area contributed by atoms with Crippen molar-refractivity contribution in [1.82, 2.24) is 5.16 Å². The predicted molar refractivity (Wildman–Crippen MR) is 103 cm³/mol. The number of aryl methyl sites for hydroxylation is 3. The Morgan fingerprint density at radius 2 is 1.73 bits per heavy atom. The maximum Gasteiger partial charge on any atom is 0.262 e. The molecule has 0 fully saturated rings. The average Bonchev–Trinajstić information content (AvgIpc) is 2.90. The Labute approximate surface area is 158 Å². The lowest BCUT2D eigenvalue weighted by Gasteiger charge is -2.13. The number of hydrogen-bond donors (Lipinski definition) is 1. The van der Waals surface area contributed by atoms with Gasteiger partial charge in [-0.2, -0.15) is 0 Å². The van der Waals surface area contributed by atoms with E-state index in [0.29, 0.717) is 27.6 Å². The van der Waals surface area contributed by atoms with Crippen LogP contribution in [0.15, 0.2) is 45.8 Å². The van der Waals surface area contributed by atoms with Gasteiger partial charge in [-0.1, -0.05) is 28.9 Å². The lowest BCUT2D eigenvalue weighted by molar-refractivity contribution is 0.427. The van der Waals surface area contributed by atoms with Crippen LogP contribution in [0.1, 0.15) is 22.4 Å². The van der Waals surface area contributed by atoms with Crippen molar-refractivity contribution < 1.29 is 12.9 Å². The summed E-state index contributed by atoms with van der Waals surface area (Å²) in [5, 5.41) is 4.50. The van der Waals surface area contributed by atoms with Crippen LogP contribution >= 0.6 is 11.6 Å². The Hall–Kier alpha value is -2.31. The third-order valence-electron chi connectivity index (χ3n) is 4.33.